The third-order valence-electron chi connectivity index (χ3n) is 3.35. The summed E-state index contributed by atoms with van der Waals surface area (Å²) in [5, 5.41) is 6.97. The second kappa shape index (κ2) is 5.77. The standard InChI is InChI=1S/C11H21N5O/c1-4-11(5-2,6-12)15-10(17)9(3)16-8-13-7-14-16/h7-9H,4-6,12H2,1-3H3,(H,15,17). The van der Waals surface area contributed by atoms with Crippen molar-refractivity contribution in [3.8, 4) is 0 Å². The van der Waals surface area contributed by atoms with E-state index >= 15 is 0 Å². The fraction of sp³-hybridized carbons (Fsp3) is 0.727. The first-order valence-electron chi connectivity index (χ1n) is 5.94. The molecule has 1 heterocycles. The van der Waals surface area contributed by atoms with Crippen LogP contribution >= 0.6 is 0 Å². The SMILES string of the molecule is CCC(CC)(CN)NC(=O)C(C)n1cncn1. The van der Waals surface area contributed by atoms with Gasteiger partial charge >= 0.3 is 0 Å². The minimum absolute atomic E-state index is 0.0790. The zero-order valence-electron chi connectivity index (χ0n) is 10.7. The van der Waals surface area contributed by atoms with Crippen molar-refractivity contribution in [3.63, 3.8) is 0 Å². The van der Waals surface area contributed by atoms with Crippen molar-refractivity contribution in [2.75, 3.05) is 6.54 Å². The maximum Gasteiger partial charge on any atom is 0.245 e. The number of nitrogens with two attached hydrogens (primary N) is 1. The molecule has 0 bridgehead atoms. The highest BCUT2D eigenvalue weighted by Gasteiger charge is 2.28. The normalized spacial score (nSPS) is 13.4. The molecule has 1 amide bonds. The lowest BCUT2D eigenvalue weighted by Gasteiger charge is -2.32. The fourth-order valence-electron chi connectivity index (χ4n) is 1.67. The Morgan fingerprint density at radius 2 is 2.18 bits per heavy atom. The Labute approximate surface area is 102 Å². The second-order valence-corrected chi connectivity index (χ2v) is 4.23. The summed E-state index contributed by atoms with van der Waals surface area (Å²) in [7, 11) is 0. The molecule has 6 nitrogen and oxygen atoms in total. The quantitative estimate of drug-likeness (QED) is 0.755. The molecule has 1 atom stereocenters. The van der Waals surface area contributed by atoms with Gasteiger partial charge in [0, 0.05) is 6.54 Å². The molecule has 0 aromatic carbocycles. The van der Waals surface area contributed by atoms with Gasteiger partial charge < -0.3 is 11.1 Å². The first-order valence-corrected chi connectivity index (χ1v) is 5.94. The molecule has 6 heteroatoms. The predicted octanol–water partition coefficient (Wildman–Crippen LogP) is 0.473. The summed E-state index contributed by atoms with van der Waals surface area (Å²) < 4.78 is 1.53. The van der Waals surface area contributed by atoms with Crippen LogP contribution in [0.1, 0.15) is 39.7 Å². The molecule has 0 fully saturated rings. The molecule has 0 aliphatic carbocycles. The van der Waals surface area contributed by atoms with Gasteiger partial charge in [0.05, 0.1) is 5.54 Å². The van der Waals surface area contributed by atoms with E-state index in [4.69, 9.17) is 5.73 Å². The molecular formula is C11H21N5O. The van der Waals surface area contributed by atoms with Crippen LogP contribution in [0.15, 0.2) is 12.7 Å². The number of amides is 1. The summed E-state index contributed by atoms with van der Waals surface area (Å²) in [5.41, 5.74) is 5.43. The number of carbonyl (C=O) groups excluding carboxylic acids is 1. The van der Waals surface area contributed by atoms with E-state index in [-0.39, 0.29) is 17.5 Å². The van der Waals surface area contributed by atoms with Gasteiger partial charge in [0.25, 0.3) is 0 Å². The summed E-state index contributed by atoms with van der Waals surface area (Å²) in [4.78, 5) is 15.9. The first-order chi connectivity index (χ1) is 8.08. The van der Waals surface area contributed by atoms with E-state index in [1.165, 1.54) is 17.3 Å². The second-order valence-electron chi connectivity index (χ2n) is 4.23. The van der Waals surface area contributed by atoms with Gasteiger partial charge in [-0.2, -0.15) is 5.10 Å². The number of carbonyl (C=O) groups is 1. The number of nitrogens with one attached hydrogen (secondary N) is 1. The van der Waals surface area contributed by atoms with Crippen LogP contribution in [0, 0.1) is 0 Å². The Kier molecular flexibility index (Phi) is 4.62. The Bertz CT molecular complexity index is 336. The molecule has 17 heavy (non-hydrogen) atoms. The van der Waals surface area contributed by atoms with E-state index in [9.17, 15) is 4.79 Å². The fourth-order valence-corrected chi connectivity index (χ4v) is 1.67. The third-order valence-corrected chi connectivity index (χ3v) is 3.35. The van der Waals surface area contributed by atoms with E-state index in [1.54, 1.807) is 6.92 Å². The zero-order valence-corrected chi connectivity index (χ0v) is 10.7. The maximum atomic E-state index is 12.1. The van der Waals surface area contributed by atoms with E-state index in [0.717, 1.165) is 12.8 Å². The highest BCUT2D eigenvalue weighted by Crippen LogP contribution is 2.15. The number of rotatable bonds is 6. The number of hydrogen-bond donors (Lipinski definition) is 2. The largest absolute Gasteiger partial charge is 0.348 e. The van der Waals surface area contributed by atoms with Gasteiger partial charge in [-0.1, -0.05) is 13.8 Å². The predicted molar refractivity (Wildman–Crippen MR) is 65.2 cm³/mol. The lowest BCUT2D eigenvalue weighted by molar-refractivity contribution is -0.126. The lowest BCUT2D eigenvalue weighted by Crippen LogP contribution is -2.54. The van der Waals surface area contributed by atoms with Gasteiger partial charge in [0.1, 0.15) is 18.7 Å². The van der Waals surface area contributed by atoms with Crippen molar-refractivity contribution >= 4 is 5.91 Å². The van der Waals surface area contributed by atoms with Crippen molar-refractivity contribution in [1.82, 2.24) is 20.1 Å². The van der Waals surface area contributed by atoms with E-state index in [1.807, 2.05) is 13.8 Å². The monoisotopic (exact) mass is 239 g/mol. The van der Waals surface area contributed by atoms with Crippen molar-refractivity contribution in [2.24, 2.45) is 5.73 Å². The molecule has 96 valence electrons. The molecule has 3 N–H and O–H groups in total. The average Bonchev–Trinajstić information content (AvgIpc) is 2.88. The van der Waals surface area contributed by atoms with Crippen LogP contribution in [0.2, 0.25) is 0 Å². The van der Waals surface area contributed by atoms with Gasteiger partial charge in [0.2, 0.25) is 5.91 Å². The van der Waals surface area contributed by atoms with Gasteiger partial charge in [-0.25, -0.2) is 9.67 Å². The Morgan fingerprint density at radius 3 is 2.59 bits per heavy atom. The molecule has 0 aliphatic heterocycles. The summed E-state index contributed by atoms with van der Waals surface area (Å²) in [6.07, 6.45) is 4.58. The van der Waals surface area contributed by atoms with Crippen LogP contribution in [-0.4, -0.2) is 32.8 Å². The van der Waals surface area contributed by atoms with Crippen molar-refractivity contribution in [1.29, 1.82) is 0 Å². The Balaban J connectivity index is 2.71. The first kappa shape index (κ1) is 13.6. The van der Waals surface area contributed by atoms with Crippen LogP contribution in [0.5, 0.6) is 0 Å². The van der Waals surface area contributed by atoms with Crippen molar-refractivity contribution in [2.45, 2.75) is 45.2 Å². The molecule has 0 radical (unpaired) electrons. The third kappa shape index (κ3) is 3.03. The van der Waals surface area contributed by atoms with Gasteiger partial charge in [-0.15, -0.1) is 0 Å². The van der Waals surface area contributed by atoms with E-state index in [2.05, 4.69) is 15.4 Å². The smallest absolute Gasteiger partial charge is 0.245 e. The summed E-state index contributed by atoms with van der Waals surface area (Å²) in [5.74, 6) is -0.0790. The molecular weight excluding hydrogens is 218 g/mol. The topological polar surface area (TPSA) is 85.8 Å². The maximum absolute atomic E-state index is 12.1. The minimum Gasteiger partial charge on any atom is -0.348 e. The Morgan fingerprint density at radius 1 is 1.53 bits per heavy atom. The molecule has 0 aliphatic rings. The van der Waals surface area contributed by atoms with Crippen LogP contribution in [-0.2, 0) is 4.79 Å². The molecule has 1 aromatic heterocycles. The molecule has 0 spiro atoms. The van der Waals surface area contributed by atoms with Crippen LogP contribution in [0.3, 0.4) is 0 Å². The molecule has 1 aromatic rings. The average molecular weight is 239 g/mol. The number of nitrogens with zero attached hydrogens (tertiary/aromatic N) is 3. The molecule has 1 rings (SSSR count). The van der Waals surface area contributed by atoms with Crippen LogP contribution < -0.4 is 11.1 Å². The van der Waals surface area contributed by atoms with E-state index < -0.39 is 0 Å². The van der Waals surface area contributed by atoms with Crippen LogP contribution in [0.4, 0.5) is 0 Å². The van der Waals surface area contributed by atoms with Crippen molar-refractivity contribution < 1.29 is 4.79 Å². The van der Waals surface area contributed by atoms with Gasteiger partial charge in [-0.3, -0.25) is 4.79 Å². The summed E-state index contributed by atoms with van der Waals surface area (Å²) in [6, 6.07) is -0.374. The van der Waals surface area contributed by atoms with E-state index in [0.29, 0.717) is 6.54 Å². The molecule has 0 saturated carbocycles. The molecule has 0 saturated heterocycles. The highest BCUT2D eigenvalue weighted by molar-refractivity contribution is 5.80. The minimum atomic E-state index is -0.374. The number of aromatic nitrogens is 3. The van der Waals surface area contributed by atoms with Gasteiger partial charge in [0.15, 0.2) is 0 Å². The van der Waals surface area contributed by atoms with Crippen LogP contribution in [0.25, 0.3) is 0 Å². The zero-order chi connectivity index (χ0) is 12.9. The summed E-state index contributed by atoms with van der Waals surface area (Å²) in [6.45, 7) is 6.28. The van der Waals surface area contributed by atoms with Crippen molar-refractivity contribution in [3.05, 3.63) is 12.7 Å². The molecule has 1 unspecified atom stereocenters. The van der Waals surface area contributed by atoms with Gasteiger partial charge in [-0.05, 0) is 19.8 Å². The number of hydrogen-bond acceptors (Lipinski definition) is 4. The summed E-state index contributed by atoms with van der Waals surface area (Å²) >= 11 is 0. The Hall–Kier alpha value is -1.43. The lowest BCUT2D eigenvalue weighted by atomic mass is 9.92. The highest BCUT2D eigenvalue weighted by atomic mass is 16.2.